The summed E-state index contributed by atoms with van der Waals surface area (Å²) in [7, 11) is 1.62. The first kappa shape index (κ1) is 18.7. The lowest BCUT2D eigenvalue weighted by molar-refractivity contribution is -0.121. The van der Waals surface area contributed by atoms with Crippen LogP contribution in [0.15, 0.2) is 42.5 Å². The number of hydrogen-bond donors (Lipinski definition) is 1. The highest BCUT2D eigenvalue weighted by Crippen LogP contribution is 2.27. The average Bonchev–Trinajstić information content (AvgIpc) is 2.64. The second-order valence-corrected chi connectivity index (χ2v) is 7.27. The fourth-order valence-corrected chi connectivity index (χ4v) is 3.63. The number of amides is 1. The van der Waals surface area contributed by atoms with Gasteiger partial charge in [-0.25, -0.2) is 0 Å². The molecule has 1 N–H and O–H groups in total. The third kappa shape index (κ3) is 4.57. The van der Waals surface area contributed by atoms with Gasteiger partial charge in [-0.15, -0.1) is 0 Å². The van der Waals surface area contributed by atoms with E-state index < -0.39 is 0 Å². The summed E-state index contributed by atoms with van der Waals surface area (Å²) in [5, 5.41) is 3.83. The van der Waals surface area contributed by atoms with Crippen LogP contribution in [0.5, 0.6) is 5.75 Å². The number of carbonyl (C=O) groups is 1. The number of aryl methyl sites for hydroxylation is 1. The van der Waals surface area contributed by atoms with Crippen molar-refractivity contribution in [3.63, 3.8) is 0 Å². The molecule has 1 saturated heterocycles. The number of carbonyl (C=O) groups excluding carboxylic acids is 1. The molecule has 26 heavy (non-hydrogen) atoms. The molecular formula is C21H25ClN2O2. The zero-order chi connectivity index (χ0) is 18.5. The van der Waals surface area contributed by atoms with Crippen LogP contribution in [0.2, 0.25) is 5.02 Å². The van der Waals surface area contributed by atoms with Gasteiger partial charge in [0.1, 0.15) is 5.75 Å². The lowest BCUT2D eigenvalue weighted by Crippen LogP contribution is -2.40. The Morgan fingerprint density at radius 2 is 2.12 bits per heavy atom. The highest BCUT2D eigenvalue weighted by atomic mass is 35.5. The second kappa shape index (κ2) is 8.56. The van der Waals surface area contributed by atoms with Gasteiger partial charge in [0.05, 0.1) is 18.7 Å². The Morgan fingerprint density at radius 1 is 1.31 bits per heavy atom. The van der Waals surface area contributed by atoms with E-state index in [2.05, 4.69) is 10.2 Å². The standard InChI is InChI=1S/C21H25ClN2O2/c1-15-9-10-20(26-2)19(12-15)23-21(25)17-7-5-11-24(14-17)13-16-6-3-4-8-18(16)22/h3-4,6,8-10,12,17H,5,7,11,13-14H2,1-2H3,(H,23,25)/t17-/m0/s1. The fourth-order valence-electron chi connectivity index (χ4n) is 3.43. The molecule has 1 heterocycles. The zero-order valence-corrected chi connectivity index (χ0v) is 16.1. The van der Waals surface area contributed by atoms with E-state index in [0.29, 0.717) is 5.75 Å². The minimum Gasteiger partial charge on any atom is -0.495 e. The summed E-state index contributed by atoms with van der Waals surface area (Å²) in [6, 6.07) is 13.7. The first-order valence-corrected chi connectivity index (χ1v) is 9.36. The number of methoxy groups -OCH3 is 1. The Kier molecular flexibility index (Phi) is 6.17. The van der Waals surface area contributed by atoms with Gasteiger partial charge in [-0.1, -0.05) is 35.9 Å². The average molecular weight is 373 g/mol. The minimum absolute atomic E-state index is 0.0311. The molecule has 3 rings (SSSR count). The monoisotopic (exact) mass is 372 g/mol. The summed E-state index contributed by atoms with van der Waals surface area (Å²) in [6.07, 6.45) is 1.91. The molecule has 138 valence electrons. The number of halogens is 1. The van der Waals surface area contributed by atoms with Gasteiger partial charge < -0.3 is 10.1 Å². The maximum absolute atomic E-state index is 12.8. The zero-order valence-electron chi connectivity index (χ0n) is 15.3. The number of anilines is 1. The molecule has 0 aliphatic carbocycles. The van der Waals surface area contributed by atoms with Gasteiger partial charge in [-0.2, -0.15) is 0 Å². The maximum Gasteiger partial charge on any atom is 0.228 e. The minimum atomic E-state index is -0.0311. The summed E-state index contributed by atoms with van der Waals surface area (Å²) >= 11 is 6.28. The Balaban J connectivity index is 1.65. The van der Waals surface area contributed by atoms with Crippen molar-refractivity contribution in [2.75, 3.05) is 25.5 Å². The van der Waals surface area contributed by atoms with E-state index in [0.717, 1.165) is 54.3 Å². The smallest absolute Gasteiger partial charge is 0.228 e. The number of ether oxygens (including phenoxy) is 1. The first-order valence-electron chi connectivity index (χ1n) is 8.98. The highest BCUT2D eigenvalue weighted by Gasteiger charge is 2.26. The number of likely N-dealkylation sites (tertiary alicyclic amines) is 1. The van der Waals surface area contributed by atoms with Gasteiger partial charge in [0.2, 0.25) is 5.91 Å². The van der Waals surface area contributed by atoms with Crippen LogP contribution in [0.25, 0.3) is 0 Å². The number of nitrogens with zero attached hydrogens (tertiary/aromatic N) is 1. The van der Waals surface area contributed by atoms with Crippen LogP contribution in [-0.4, -0.2) is 31.0 Å². The van der Waals surface area contributed by atoms with Crippen molar-refractivity contribution in [2.24, 2.45) is 5.92 Å². The van der Waals surface area contributed by atoms with Crippen LogP contribution >= 0.6 is 11.6 Å². The Labute approximate surface area is 160 Å². The number of rotatable bonds is 5. The molecule has 0 bridgehead atoms. The van der Waals surface area contributed by atoms with Gasteiger partial charge in [-0.05, 0) is 55.6 Å². The summed E-state index contributed by atoms with van der Waals surface area (Å²) in [5.74, 6) is 0.710. The lowest BCUT2D eigenvalue weighted by Gasteiger charge is -2.32. The lowest BCUT2D eigenvalue weighted by atomic mass is 9.96. The van der Waals surface area contributed by atoms with Gasteiger partial charge in [0.15, 0.2) is 0 Å². The summed E-state index contributed by atoms with van der Waals surface area (Å²) in [4.78, 5) is 15.1. The maximum atomic E-state index is 12.8. The van der Waals surface area contributed by atoms with E-state index in [1.165, 1.54) is 0 Å². The predicted octanol–water partition coefficient (Wildman–Crippen LogP) is 4.51. The molecular weight excluding hydrogens is 348 g/mol. The van der Waals surface area contributed by atoms with Gasteiger partial charge in [0, 0.05) is 18.1 Å². The fraction of sp³-hybridized carbons (Fsp3) is 0.381. The van der Waals surface area contributed by atoms with Gasteiger partial charge in [-0.3, -0.25) is 9.69 Å². The Bertz CT molecular complexity index is 778. The van der Waals surface area contributed by atoms with E-state index >= 15 is 0 Å². The Morgan fingerprint density at radius 3 is 2.88 bits per heavy atom. The van der Waals surface area contributed by atoms with Crippen molar-refractivity contribution >= 4 is 23.2 Å². The molecule has 0 saturated carbocycles. The van der Waals surface area contributed by atoms with Crippen molar-refractivity contribution in [1.29, 1.82) is 0 Å². The third-order valence-electron chi connectivity index (χ3n) is 4.84. The largest absolute Gasteiger partial charge is 0.495 e. The second-order valence-electron chi connectivity index (χ2n) is 6.86. The molecule has 1 amide bonds. The van der Waals surface area contributed by atoms with Crippen LogP contribution in [-0.2, 0) is 11.3 Å². The van der Waals surface area contributed by atoms with Crippen molar-refractivity contribution in [3.05, 3.63) is 58.6 Å². The molecule has 0 aromatic heterocycles. The summed E-state index contributed by atoms with van der Waals surface area (Å²) in [6.45, 7) is 4.51. The topological polar surface area (TPSA) is 41.6 Å². The van der Waals surface area contributed by atoms with E-state index in [4.69, 9.17) is 16.3 Å². The third-order valence-corrected chi connectivity index (χ3v) is 5.21. The molecule has 5 heteroatoms. The molecule has 1 aliphatic heterocycles. The van der Waals surface area contributed by atoms with E-state index in [1.807, 2.05) is 49.4 Å². The van der Waals surface area contributed by atoms with E-state index in [-0.39, 0.29) is 11.8 Å². The van der Waals surface area contributed by atoms with Crippen molar-refractivity contribution in [3.8, 4) is 5.75 Å². The summed E-state index contributed by atoms with van der Waals surface area (Å²) in [5.41, 5.74) is 2.93. The normalized spacial score (nSPS) is 17.7. The number of nitrogens with one attached hydrogen (secondary N) is 1. The predicted molar refractivity (Wildman–Crippen MR) is 106 cm³/mol. The van der Waals surface area contributed by atoms with Crippen LogP contribution < -0.4 is 10.1 Å². The molecule has 4 nitrogen and oxygen atoms in total. The Hall–Kier alpha value is -2.04. The molecule has 1 aliphatic rings. The molecule has 1 atom stereocenters. The van der Waals surface area contributed by atoms with Crippen molar-refractivity contribution < 1.29 is 9.53 Å². The quantitative estimate of drug-likeness (QED) is 0.839. The first-order chi connectivity index (χ1) is 12.6. The number of benzene rings is 2. The van der Waals surface area contributed by atoms with Crippen LogP contribution in [0.1, 0.15) is 24.0 Å². The molecule has 1 fully saturated rings. The molecule has 0 spiro atoms. The number of piperidine rings is 1. The van der Waals surface area contributed by atoms with Gasteiger partial charge in [0.25, 0.3) is 0 Å². The molecule has 0 unspecified atom stereocenters. The molecule has 2 aromatic rings. The van der Waals surface area contributed by atoms with Crippen molar-refractivity contribution in [2.45, 2.75) is 26.3 Å². The SMILES string of the molecule is COc1ccc(C)cc1NC(=O)[C@H]1CCCN(Cc2ccccc2Cl)C1. The molecule has 0 radical (unpaired) electrons. The van der Waals surface area contributed by atoms with Crippen LogP contribution in [0, 0.1) is 12.8 Å². The molecule has 2 aromatic carbocycles. The number of hydrogen-bond acceptors (Lipinski definition) is 3. The van der Waals surface area contributed by atoms with Gasteiger partial charge >= 0.3 is 0 Å². The van der Waals surface area contributed by atoms with E-state index in [9.17, 15) is 4.79 Å². The van der Waals surface area contributed by atoms with Crippen molar-refractivity contribution in [1.82, 2.24) is 4.90 Å². The van der Waals surface area contributed by atoms with Crippen LogP contribution in [0.4, 0.5) is 5.69 Å². The summed E-state index contributed by atoms with van der Waals surface area (Å²) < 4.78 is 5.36. The van der Waals surface area contributed by atoms with E-state index in [1.54, 1.807) is 7.11 Å². The van der Waals surface area contributed by atoms with Crippen LogP contribution in [0.3, 0.4) is 0 Å². The highest BCUT2D eigenvalue weighted by molar-refractivity contribution is 6.31.